The summed E-state index contributed by atoms with van der Waals surface area (Å²) in [7, 11) is -2.58. The number of esters is 1. The van der Waals surface area contributed by atoms with Gasteiger partial charge >= 0.3 is 5.97 Å². The molecule has 0 bridgehead atoms. The van der Waals surface area contributed by atoms with Crippen molar-refractivity contribution >= 4 is 24.8 Å². The first kappa shape index (κ1) is 18.6. The van der Waals surface area contributed by atoms with E-state index < -0.39 is 24.3 Å². The van der Waals surface area contributed by atoms with Crippen molar-refractivity contribution in [2.75, 3.05) is 19.5 Å². The second kappa shape index (κ2) is 6.75. The van der Waals surface area contributed by atoms with Gasteiger partial charge in [-0.15, -0.1) is 0 Å². The van der Waals surface area contributed by atoms with Crippen molar-refractivity contribution in [3.8, 4) is 0 Å². The highest BCUT2D eigenvalue weighted by Crippen LogP contribution is 2.39. The number of carbonyl (C=O) groups is 1. The summed E-state index contributed by atoms with van der Waals surface area (Å²) >= 11 is 0. The summed E-state index contributed by atoms with van der Waals surface area (Å²) in [6, 6.07) is 0. The molecule has 1 rings (SSSR count). The van der Waals surface area contributed by atoms with Crippen LogP contribution in [0, 0.1) is 11.3 Å². The summed E-state index contributed by atoms with van der Waals surface area (Å²) in [5.41, 5.74) is -0.417. The molecule has 0 saturated heterocycles. The first-order valence-corrected chi connectivity index (χ1v) is 12.4. The lowest BCUT2D eigenvalue weighted by atomic mass is 9.96. The Bertz CT molecular complexity index is 463. The molecular formula is C15H28O4SSi. The predicted molar refractivity (Wildman–Crippen MR) is 89.0 cm³/mol. The Balaban J connectivity index is 2.74. The van der Waals surface area contributed by atoms with Crippen molar-refractivity contribution in [1.82, 2.24) is 0 Å². The molecule has 2 unspecified atom stereocenters. The lowest BCUT2D eigenvalue weighted by Crippen LogP contribution is -2.28. The third kappa shape index (κ3) is 5.04. The first-order chi connectivity index (χ1) is 9.48. The molecule has 0 heterocycles. The van der Waals surface area contributed by atoms with Gasteiger partial charge < -0.3 is 9.84 Å². The van der Waals surface area contributed by atoms with E-state index in [0.717, 1.165) is 4.91 Å². The normalized spacial score (nSPS) is 21.6. The average Bonchev–Trinajstić information content (AvgIpc) is 2.81. The molecule has 1 N–H and O–H groups in total. The molecule has 21 heavy (non-hydrogen) atoms. The molecule has 0 amide bonds. The van der Waals surface area contributed by atoms with Crippen LogP contribution in [0.5, 0.6) is 0 Å². The Morgan fingerprint density at radius 3 is 2.33 bits per heavy atom. The van der Waals surface area contributed by atoms with Gasteiger partial charge in [-0.05, 0) is 12.8 Å². The van der Waals surface area contributed by atoms with Gasteiger partial charge in [-0.25, -0.2) is 0 Å². The van der Waals surface area contributed by atoms with Crippen LogP contribution in [0.25, 0.3) is 0 Å². The van der Waals surface area contributed by atoms with Gasteiger partial charge in [-0.1, -0.05) is 38.7 Å². The molecule has 2 atom stereocenters. The van der Waals surface area contributed by atoms with Gasteiger partial charge in [0.15, 0.2) is 0 Å². The zero-order valence-electron chi connectivity index (χ0n) is 14.0. The molecule has 0 aliphatic heterocycles. The number of ether oxygens (including phenoxy) is 1. The van der Waals surface area contributed by atoms with Crippen molar-refractivity contribution in [3.05, 3.63) is 10.1 Å². The maximum absolute atomic E-state index is 12.2. The summed E-state index contributed by atoms with van der Waals surface area (Å²) in [6.45, 7) is 10.6. The largest absolute Gasteiger partial charge is 0.465 e. The topological polar surface area (TPSA) is 63.6 Å². The predicted octanol–water partition coefficient (Wildman–Crippen LogP) is 2.47. The number of hydrogen-bond acceptors (Lipinski definition) is 4. The molecule has 1 aliphatic rings. The molecule has 4 nitrogen and oxygen atoms in total. The third-order valence-electron chi connectivity index (χ3n) is 3.84. The molecule has 0 aromatic rings. The Hall–Kier alpha value is -0.463. The molecule has 1 aliphatic carbocycles. The van der Waals surface area contributed by atoms with Gasteiger partial charge in [0.25, 0.3) is 0 Å². The van der Waals surface area contributed by atoms with Crippen LogP contribution < -0.4 is 0 Å². The monoisotopic (exact) mass is 332 g/mol. The number of aliphatic hydroxyl groups is 1. The highest BCUT2D eigenvalue weighted by atomic mass is 32.2. The molecule has 0 fully saturated rings. The van der Waals surface area contributed by atoms with E-state index in [0.29, 0.717) is 12.8 Å². The lowest BCUT2D eigenvalue weighted by Gasteiger charge is -2.23. The zero-order chi connectivity index (χ0) is 16.4. The summed E-state index contributed by atoms with van der Waals surface area (Å²) in [5.74, 6) is -0.437. The van der Waals surface area contributed by atoms with E-state index in [-0.39, 0.29) is 25.1 Å². The Morgan fingerprint density at radius 1 is 1.38 bits per heavy atom. The number of aliphatic hydroxyl groups excluding tert-OH is 1. The quantitative estimate of drug-likeness (QED) is 0.599. The van der Waals surface area contributed by atoms with Gasteiger partial charge in [-0.3, -0.25) is 9.00 Å². The van der Waals surface area contributed by atoms with Crippen LogP contribution in [0.1, 0.15) is 26.7 Å². The molecule has 6 heteroatoms. The standard InChI is InChI=1S/C15H28O4SSi/c1-15(2,9-16)10-19-14(17)11-7-12(20(3)18)13(8-11)21(4,5)6/h11,16H,7-10H2,1-6H3. The maximum Gasteiger partial charge on any atom is 0.309 e. The highest BCUT2D eigenvalue weighted by Gasteiger charge is 2.37. The van der Waals surface area contributed by atoms with Crippen LogP contribution in [0.4, 0.5) is 0 Å². The molecular weight excluding hydrogens is 304 g/mol. The lowest BCUT2D eigenvalue weighted by molar-refractivity contribution is -0.152. The molecule has 0 aromatic carbocycles. The summed E-state index contributed by atoms with van der Waals surface area (Å²) in [6.07, 6.45) is 2.93. The van der Waals surface area contributed by atoms with Gasteiger partial charge in [0.1, 0.15) is 0 Å². The van der Waals surface area contributed by atoms with Crippen molar-refractivity contribution in [3.63, 3.8) is 0 Å². The van der Waals surface area contributed by atoms with Gasteiger partial charge in [0.2, 0.25) is 0 Å². The summed E-state index contributed by atoms with van der Waals surface area (Å²) in [4.78, 5) is 13.2. The second-order valence-electron chi connectivity index (χ2n) is 7.64. The minimum Gasteiger partial charge on any atom is -0.465 e. The summed E-state index contributed by atoms with van der Waals surface area (Å²) < 4.78 is 17.3. The number of allylic oxidation sites excluding steroid dienone is 2. The van der Waals surface area contributed by atoms with Crippen LogP contribution in [0.3, 0.4) is 0 Å². The van der Waals surface area contributed by atoms with E-state index in [1.165, 1.54) is 5.20 Å². The van der Waals surface area contributed by atoms with Crippen LogP contribution in [-0.2, 0) is 20.3 Å². The van der Waals surface area contributed by atoms with E-state index in [9.17, 15) is 14.1 Å². The van der Waals surface area contributed by atoms with E-state index in [1.54, 1.807) is 6.26 Å². The molecule has 0 spiro atoms. The van der Waals surface area contributed by atoms with Crippen LogP contribution in [0.2, 0.25) is 19.6 Å². The molecule has 0 saturated carbocycles. The van der Waals surface area contributed by atoms with Gasteiger partial charge in [0.05, 0.1) is 27.2 Å². The smallest absolute Gasteiger partial charge is 0.309 e. The average molecular weight is 333 g/mol. The van der Waals surface area contributed by atoms with Gasteiger partial charge in [-0.2, -0.15) is 0 Å². The molecule has 0 radical (unpaired) electrons. The van der Waals surface area contributed by atoms with Crippen LogP contribution in [0.15, 0.2) is 10.1 Å². The Morgan fingerprint density at radius 2 is 1.95 bits per heavy atom. The summed E-state index contributed by atoms with van der Waals surface area (Å²) in [5, 5.41) is 10.5. The highest BCUT2D eigenvalue weighted by molar-refractivity contribution is 7.88. The third-order valence-corrected chi connectivity index (χ3v) is 7.44. The fourth-order valence-corrected chi connectivity index (χ4v) is 6.40. The molecule has 122 valence electrons. The SMILES string of the molecule is CS(=O)C1=C([Si](C)(C)C)CC(C(=O)OCC(C)(C)CO)C1. The Kier molecular flexibility index (Phi) is 5.97. The number of hydrogen-bond donors (Lipinski definition) is 1. The van der Waals surface area contributed by atoms with Crippen LogP contribution in [-0.4, -0.2) is 42.8 Å². The minimum absolute atomic E-state index is 0.0203. The van der Waals surface area contributed by atoms with E-state index in [4.69, 9.17) is 4.74 Å². The Labute approximate surface area is 131 Å². The van der Waals surface area contributed by atoms with E-state index >= 15 is 0 Å². The van der Waals surface area contributed by atoms with Crippen molar-refractivity contribution < 1.29 is 18.8 Å². The van der Waals surface area contributed by atoms with E-state index in [2.05, 4.69) is 19.6 Å². The first-order valence-electron chi connectivity index (χ1n) is 7.31. The zero-order valence-corrected chi connectivity index (χ0v) is 15.8. The van der Waals surface area contributed by atoms with Crippen LogP contribution >= 0.6 is 0 Å². The second-order valence-corrected chi connectivity index (χ2v) is 14.1. The van der Waals surface area contributed by atoms with E-state index in [1.807, 2.05) is 13.8 Å². The molecule has 0 aromatic heterocycles. The minimum atomic E-state index is -1.57. The maximum atomic E-state index is 12.2. The number of carbonyl (C=O) groups excluding carboxylic acids is 1. The van der Waals surface area contributed by atoms with Crippen molar-refractivity contribution in [2.24, 2.45) is 11.3 Å². The van der Waals surface area contributed by atoms with Crippen molar-refractivity contribution in [1.29, 1.82) is 0 Å². The number of rotatable bonds is 6. The fourth-order valence-electron chi connectivity index (χ4n) is 2.39. The fraction of sp³-hybridized carbons (Fsp3) is 0.800. The van der Waals surface area contributed by atoms with Crippen molar-refractivity contribution in [2.45, 2.75) is 46.3 Å². The van der Waals surface area contributed by atoms with Gasteiger partial charge in [0, 0.05) is 27.4 Å².